The van der Waals surface area contributed by atoms with Crippen molar-refractivity contribution >= 4 is 12.0 Å². The van der Waals surface area contributed by atoms with Gasteiger partial charge in [0.2, 0.25) is 0 Å². The predicted molar refractivity (Wildman–Crippen MR) is 69.8 cm³/mol. The van der Waals surface area contributed by atoms with Gasteiger partial charge in [0.15, 0.2) is 5.82 Å². The number of hydrogen-bond donors (Lipinski definition) is 2. The van der Waals surface area contributed by atoms with Gasteiger partial charge in [0, 0.05) is 13.6 Å². The molecule has 0 aromatic carbocycles. The molecule has 1 aliphatic heterocycles. The van der Waals surface area contributed by atoms with Gasteiger partial charge in [-0.3, -0.25) is 4.68 Å². The van der Waals surface area contributed by atoms with E-state index < -0.39 is 12.0 Å². The SMILES string of the molecule is CC1CCCN(C(=O)NCc2ncn(C)n2)C1C(=O)O. The summed E-state index contributed by atoms with van der Waals surface area (Å²) in [6.45, 7) is 2.51. The van der Waals surface area contributed by atoms with Gasteiger partial charge in [-0.15, -0.1) is 0 Å². The average molecular weight is 281 g/mol. The minimum Gasteiger partial charge on any atom is -0.480 e. The van der Waals surface area contributed by atoms with Crippen LogP contribution in [0.4, 0.5) is 4.79 Å². The van der Waals surface area contributed by atoms with E-state index in [4.69, 9.17) is 0 Å². The number of amides is 2. The van der Waals surface area contributed by atoms with Gasteiger partial charge in [-0.25, -0.2) is 14.6 Å². The molecule has 0 spiro atoms. The van der Waals surface area contributed by atoms with Crippen LogP contribution in [-0.4, -0.2) is 49.4 Å². The highest BCUT2D eigenvalue weighted by Gasteiger charge is 2.36. The van der Waals surface area contributed by atoms with E-state index in [-0.39, 0.29) is 18.5 Å². The van der Waals surface area contributed by atoms with Crippen LogP contribution in [-0.2, 0) is 18.4 Å². The summed E-state index contributed by atoms with van der Waals surface area (Å²) in [5, 5.41) is 16.0. The van der Waals surface area contributed by atoms with Crippen molar-refractivity contribution < 1.29 is 14.7 Å². The van der Waals surface area contributed by atoms with Crippen LogP contribution in [0.15, 0.2) is 6.33 Å². The summed E-state index contributed by atoms with van der Waals surface area (Å²) >= 11 is 0. The molecule has 1 aliphatic rings. The smallest absolute Gasteiger partial charge is 0.326 e. The van der Waals surface area contributed by atoms with Crippen molar-refractivity contribution in [1.82, 2.24) is 25.0 Å². The third-order valence-electron chi connectivity index (χ3n) is 3.49. The Morgan fingerprint density at radius 3 is 2.90 bits per heavy atom. The van der Waals surface area contributed by atoms with Gasteiger partial charge in [-0.05, 0) is 18.8 Å². The lowest BCUT2D eigenvalue weighted by molar-refractivity contribution is -0.145. The minimum absolute atomic E-state index is 0.0417. The normalized spacial score (nSPS) is 22.6. The van der Waals surface area contributed by atoms with E-state index in [1.54, 1.807) is 18.1 Å². The fourth-order valence-electron chi connectivity index (χ4n) is 2.51. The van der Waals surface area contributed by atoms with Crippen molar-refractivity contribution in [3.05, 3.63) is 12.2 Å². The molecule has 2 heterocycles. The lowest BCUT2D eigenvalue weighted by Gasteiger charge is -2.37. The van der Waals surface area contributed by atoms with Gasteiger partial charge in [-0.1, -0.05) is 6.92 Å². The molecule has 1 saturated heterocycles. The Morgan fingerprint density at radius 1 is 1.55 bits per heavy atom. The van der Waals surface area contributed by atoms with E-state index in [9.17, 15) is 14.7 Å². The Hall–Kier alpha value is -2.12. The van der Waals surface area contributed by atoms with Crippen LogP contribution in [0.5, 0.6) is 0 Å². The van der Waals surface area contributed by atoms with Crippen LogP contribution < -0.4 is 5.32 Å². The summed E-state index contributed by atoms with van der Waals surface area (Å²) in [5.41, 5.74) is 0. The minimum atomic E-state index is -0.955. The molecule has 8 heteroatoms. The lowest BCUT2D eigenvalue weighted by atomic mass is 9.91. The molecule has 2 amide bonds. The van der Waals surface area contributed by atoms with Crippen molar-refractivity contribution in [3.63, 3.8) is 0 Å². The summed E-state index contributed by atoms with van der Waals surface area (Å²) in [6, 6.07) is -1.14. The molecule has 1 aromatic rings. The van der Waals surface area contributed by atoms with Crippen molar-refractivity contribution in [3.8, 4) is 0 Å². The second-order valence-corrected chi connectivity index (χ2v) is 5.09. The Labute approximate surface area is 116 Å². The van der Waals surface area contributed by atoms with E-state index in [2.05, 4.69) is 15.4 Å². The topological polar surface area (TPSA) is 100 Å². The number of carboxylic acid groups (broad SMARTS) is 1. The third kappa shape index (κ3) is 3.06. The zero-order valence-electron chi connectivity index (χ0n) is 11.6. The highest BCUT2D eigenvalue weighted by Crippen LogP contribution is 2.23. The lowest BCUT2D eigenvalue weighted by Crippen LogP contribution is -2.54. The van der Waals surface area contributed by atoms with E-state index in [0.717, 1.165) is 12.8 Å². The number of hydrogen-bond acceptors (Lipinski definition) is 4. The number of carbonyl (C=O) groups is 2. The Balaban J connectivity index is 1.97. The first-order chi connectivity index (χ1) is 9.49. The zero-order valence-corrected chi connectivity index (χ0v) is 11.6. The number of carbonyl (C=O) groups excluding carboxylic acids is 1. The maximum Gasteiger partial charge on any atom is 0.326 e. The summed E-state index contributed by atoms with van der Waals surface area (Å²) in [5.74, 6) is -0.499. The largest absolute Gasteiger partial charge is 0.480 e. The fourth-order valence-corrected chi connectivity index (χ4v) is 2.51. The van der Waals surface area contributed by atoms with Crippen LogP contribution in [0, 0.1) is 5.92 Å². The molecule has 2 rings (SSSR count). The molecule has 0 aliphatic carbocycles. The highest BCUT2D eigenvalue weighted by molar-refractivity contribution is 5.83. The summed E-state index contributed by atoms with van der Waals surface area (Å²) < 4.78 is 1.55. The zero-order chi connectivity index (χ0) is 14.7. The summed E-state index contributed by atoms with van der Waals surface area (Å²) in [4.78, 5) is 28.8. The first-order valence-electron chi connectivity index (χ1n) is 6.61. The van der Waals surface area contributed by atoms with Crippen molar-refractivity contribution in [2.24, 2.45) is 13.0 Å². The molecule has 2 N–H and O–H groups in total. The number of likely N-dealkylation sites (tertiary alicyclic amines) is 1. The molecule has 0 radical (unpaired) electrons. The van der Waals surface area contributed by atoms with Crippen LogP contribution >= 0.6 is 0 Å². The molecule has 2 atom stereocenters. The van der Waals surface area contributed by atoms with Gasteiger partial charge in [0.05, 0.1) is 6.54 Å². The second kappa shape index (κ2) is 5.89. The number of aromatic nitrogens is 3. The first-order valence-corrected chi connectivity index (χ1v) is 6.61. The Bertz CT molecular complexity index is 501. The number of carboxylic acids is 1. The quantitative estimate of drug-likeness (QED) is 0.825. The van der Waals surface area contributed by atoms with E-state index in [1.807, 2.05) is 6.92 Å². The van der Waals surface area contributed by atoms with E-state index in [0.29, 0.717) is 12.4 Å². The van der Waals surface area contributed by atoms with E-state index >= 15 is 0 Å². The molecule has 110 valence electrons. The molecule has 0 saturated carbocycles. The number of aryl methyl sites for hydroxylation is 1. The number of aliphatic carboxylic acids is 1. The fraction of sp³-hybridized carbons (Fsp3) is 0.667. The third-order valence-corrected chi connectivity index (χ3v) is 3.49. The van der Waals surface area contributed by atoms with Crippen LogP contribution in [0.1, 0.15) is 25.6 Å². The number of nitrogens with zero attached hydrogens (tertiary/aromatic N) is 4. The highest BCUT2D eigenvalue weighted by atomic mass is 16.4. The first kappa shape index (κ1) is 14.3. The van der Waals surface area contributed by atoms with Crippen molar-refractivity contribution in [2.75, 3.05) is 6.54 Å². The number of urea groups is 1. The number of rotatable bonds is 3. The maximum absolute atomic E-state index is 12.1. The summed E-state index contributed by atoms with van der Waals surface area (Å²) in [6.07, 6.45) is 3.19. The van der Waals surface area contributed by atoms with Crippen molar-refractivity contribution in [2.45, 2.75) is 32.4 Å². The second-order valence-electron chi connectivity index (χ2n) is 5.09. The molecule has 1 fully saturated rings. The van der Waals surface area contributed by atoms with Gasteiger partial charge < -0.3 is 15.3 Å². The van der Waals surface area contributed by atoms with Gasteiger partial charge >= 0.3 is 12.0 Å². The number of nitrogens with one attached hydrogen (secondary N) is 1. The monoisotopic (exact) mass is 281 g/mol. The molecule has 1 aromatic heterocycles. The molecule has 2 unspecified atom stereocenters. The maximum atomic E-state index is 12.1. The van der Waals surface area contributed by atoms with Gasteiger partial charge in [0.1, 0.15) is 12.4 Å². The Kier molecular flexibility index (Phi) is 4.21. The Morgan fingerprint density at radius 2 is 2.30 bits per heavy atom. The van der Waals surface area contributed by atoms with Crippen LogP contribution in [0.2, 0.25) is 0 Å². The van der Waals surface area contributed by atoms with Crippen molar-refractivity contribution in [1.29, 1.82) is 0 Å². The van der Waals surface area contributed by atoms with Crippen LogP contribution in [0.3, 0.4) is 0 Å². The number of piperidine rings is 1. The predicted octanol–water partition coefficient (Wildman–Crippen LogP) is 0.210. The molecular weight excluding hydrogens is 262 g/mol. The molecule has 0 bridgehead atoms. The average Bonchev–Trinajstić information content (AvgIpc) is 2.81. The van der Waals surface area contributed by atoms with Crippen LogP contribution in [0.25, 0.3) is 0 Å². The molecular formula is C12H19N5O3. The van der Waals surface area contributed by atoms with E-state index in [1.165, 1.54) is 4.90 Å². The van der Waals surface area contributed by atoms with Gasteiger partial charge in [-0.2, -0.15) is 5.10 Å². The van der Waals surface area contributed by atoms with Gasteiger partial charge in [0.25, 0.3) is 0 Å². The standard InChI is InChI=1S/C12H19N5O3/c1-8-4-3-5-17(10(8)11(18)19)12(20)13-6-9-14-7-16(2)15-9/h7-8,10H,3-6H2,1-2H3,(H,13,20)(H,18,19). The molecule has 20 heavy (non-hydrogen) atoms. The molecule has 8 nitrogen and oxygen atoms in total. The summed E-state index contributed by atoms with van der Waals surface area (Å²) in [7, 11) is 1.74.